The standard InChI is InChI=1S/C38H58N6O8S/c1-37-15-13-29-27(28(37)9-7-24(37)4-3-5-33(45)51-21-20-50-19-18-49-17-16-39)8-6-25-22-26(12-14-38(25,29)2)40-36(46)31(23-53)41-30-10-11-32(44(47)48)35-34(30)42-52-43-35/h10-11,24-29,31,41,53H,3-9,12-23,39H2,1-2H3,(H,40,46)/t24?,25-,26-,27?,28?,29?,31+,37-,38+/m1/s1. The first-order valence-electron chi connectivity index (χ1n) is 19.7. The van der Waals surface area contributed by atoms with Crippen molar-refractivity contribution in [2.45, 2.75) is 103 Å². The van der Waals surface area contributed by atoms with Crippen LogP contribution in [0.5, 0.6) is 0 Å². The summed E-state index contributed by atoms with van der Waals surface area (Å²) in [5.74, 6) is 3.40. The third-order valence-corrected chi connectivity index (χ3v) is 14.1. The minimum Gasteiger partial charge on any atom is -0.463 e. The summed E-state index contributed by atoms with van der Waals surface area (Å²) in [5, 5.41) is 25.4. The minimum absolute atomic E-state index is 0.0358. The molecule has 14 nitrogen and oxygen atoms in total. The number of nitrogens with one attached hydrogen (secondary N) is 2. The molecule has 6 rings (SSSR count). The summed E-state index contributed by atoms with van der Waals surface area (Å²) in [5.41, 5.74) is 6.50. The molecule has 53 heavy (non-hydrogen) atoms. The van der Waals surface area contributed by atoms with Crippen LogP contribution in [0.3, 0.4) is 0 Å². The number of nitrogens with zero attached hydrogens (tertiary/aromatic N) is 3. The van der Waals surface area contributed by atoms with Gasteiger partial charge in [-0.2, -0.15) is 12.6 Å². The number of carbonyl (C=O) groups is 2. The molecule has 4 saturated carbocycles. The highest BCUT2D eigenvalue weighted by Crippen LogP contribution is 2.68. The number of fused-ring (bicyclic) bond motifs is 6. The largest absolute Gasteiger partial charge is 0.463 e. The quantitative estimate of drug-likeness (QED) is 0.0478. The zero-order valence-electron chi connectivity index (χ0n) is 31.3. The lowest BCUT2D eigenvalue weighted by atomic mass is 9.44. The number of ether oxygens (including phenoxy) is 3. The number of rotatable bonds is 18. The molecule has 1 heterocycles. The Kier molecular flexibility index (Phi) is 13.2. The van der Waals surface area contributed by atoms with Crippen molar-refractivity contribution in [2.24, 2.45) is 46.2 Å². The van der Waals surface area contributed by atoms with Crippen molar-refractivity contribution in [3.63, 3.8) is 0 Å². The predicted molar refractivity (Wildman–Crippen MR) is 202 cm³/mol. The average molecular weight is 759 g/mol. The molecule has 0 saturated heterocycles. The van der Waals surface area contributed by atoms with E-state index in [-0.39, 0.29) is 52.4 Å². The molecule has 15 heteroatoms. The van der Waals surface area contributed by atoms with E-state index in [4.69, 9.17) is 24.6 Å². The van der Waals surface area contributed by atoms with Crippen LogP contribution < -0.4 is 16.4 Å². The molecule has 4 aliphatic carbocycles. The predicted octanol–water partition coefficient (Wildman–Crippen LogP) is 5.69. The zero-order chi connectivity index (χ0) is 37.6. The number of non-ortho nitro benzene ring substituents is 1. The second kappa shape index (κ2) is 17.6. The number of carbonyl (C=O) groups excluding carboxylic acids is 2. The number of amides is 1. The van der Waals surface area contributed by atoms with Crippen molar-refractivity contribution >= 4 is 46.9 Å². The third kappa shape index (κ3) is 8.63. The number of esters is 1. The van der Waals surface area contributed by atoms with E-state index in [0.717, 1.165) is 43.9 Å². The molecular weight excluding hydrogens is 701 g/mol. The fraction of sp³-hybridized carbons (Fsp3) is 0.789. The monoisotopic (exact) mass is 758 g/mol. The van der Waals surface area contributed by atoms with Gasteiger partial charge in [0, 0.05) is 30.8 Å². The average Bonchev–Trinajstić information content (AvgIpc) is 3.77. The molecule has 0 spiro atoms. The van der Waals surface area contributed by atoms with E-state index in [1.165, 1.54) is 50.7 Å². The lowest BCUT2D eigenvalue weighted by molar-refractivity contribution is -0.383. The summed E-state index contributed by atoms with van der Waals surface area (Å²) in [6, 6.07) is 2.30. The maximum atomic E-state index is 13.5. The van der Waals surface area contributed by atoms with E-state index in [1.807, 2.05) is 0 Å². The van der Waals surface area contributed by atoms with E-state index in [1.54, 1.807) is 0 Å². The number of hydrogen-bond acceptors (Lipinski definition) is 13. The number of hydrogen-bond donors (Lipinski definition) is 4. The Balaban J connectivity index is 0.963. The summed E-state index contributed by atoms with van der Waals surface area (Å²) in [6.45, 7) is 7.72. The van der Waals surface area contributed by atoms with Crippen LogP contribution in [0, 0.1) is 50.5 Å². The topological polar surface area (TPSA) is 194 Å². The number of nitro groups is 1. The van der Waals surface area contributed by atoms with Gasteiger partial charge >= 0.3 is 11.7 Å². The van der Waals surface area contributed by atoms with Crippen LogP contribution >= 0.6 is 12.6 Å². The van der Waals surface area contributed by atoms with Crippen molar-refractivity contribution in [1.29, 1.82) is 0 Å². The van der Waals surface area contributed by atoms with E-state index >= 15 is 0 Å². The molecular formula is C38H58N6O8S. The molecule has 4 aliphatic rings. The summed E-state index contributed by atoms with van der Waals surface area (Å²) >= 11 is 4.45. The van der Waals surface area contributed by atoms with Crippen molar-refractivity contribution in [1.82, 2.24) is 15.6 Å². The fourth-order valence-corrected chi connectivity index (χ4v) is 11.2. The molecule has 4 fully saturated rings. The Bertz CT molecular complexity index is 1580. The first-order valence-corrected chi connectivity index (χ1v) is 20.3. The number of aromatic nitrogens is 2. The molecule has 9 atom stereocenters. The SMILES string of the molecule is C[C@]12CCC3C(CC[C@@H]4C[C@H](NC(=O)[C@H](CS)Nc5ccc([N+](=O)[O-])c6nonc56)CC[C@]34C)C1CCC2CCCC(=O)OCCOCCOCCN. The summed E-state index contributed by atoms with van der Waals surface area (Å²) in [4.78, 5) is 36.8. The fourth-order valence-electron chi connectivity index (χ4n) is 11.0. The summed E-state index contributed by atoms with van der Waals surface area (Å²) in [7, 11) is 0. The van der Waals surface area contributed by atoms with Gasteiger partial charge < -0.3 is 30.6 Å². The van der Waals surface area contributed by atoms with Crippen molar-refractivity contribution in [3.05, 3.63) is 22.2 Å². The zero-order valence-corrected chi connectivity index (χ0v) is 32.2. The van der Waals surface area contributed by atoms with Gasteiger partial charge in [0.15, 0.2) is 5.52 Å². The molecule has 1 amide bonds. The highest BCUT2D eigenvalue weighted by atomic mass is 32.1. The van der Waals surface area contributed by atoms with Gasteiger partial charge in [-0.3, -0.25) is 19.7 Å². The van der Waals surface area contributed by atoms with Gasteiger partial charge in [0.1, 0.15) is 12.6 Å². The highest BCUT2D eigenvalue weighted by molar-refractivity contribution is 7.80. The van der Waals surface area contributed by atoms with Crippen molar-refractivity contribution in [2.75, 3.05) is 50.6 Å². The Labute approximate surface area is 317 Å². The second-order valence-electron chi connectivity index (χ2n) is 16.3. The summed E-state index contributed by atoms with van der Waals surface area (Å²) < 4.78 is 20.9. The molecule has 1 aromatic heterocycles. The van der Waals surface area contributed by atoms with Gasteiger partial charge in [0.25, 0.3) is 0 Å². The minimum atomic E-state index is -0.655. The lowest BCUT2D eigenvalue weighted by Crippen LogP contribution is -2.56. The Hall–Kier alpha value is -3.01. The van der Waals surface area contributed by atoms with Crippen LogP contribution in [0.4, 0.5) is 11.4 Å². The summed E-state index contributed by atoms with van der Waals surface area (Å²) in [6.07, 6.45) is 13.0. The van der Waals surface area contributed by atoms with Crippen LogP contribution in [0.2, 0.25) is 0 Å². The number of nitrogens with two attached hydrogens (primary N) is 1. The number of anilines is 1. The van der Waals surface area contributed by atoms with E-state index in [2.05, 4.69) is 47.4 Å². The van der Waals surface area contributed by atoms with Gasteiger partial charge in [-0.1, -0.05) is 13.8 Å². The van der Waals surface area contributed by atoms with Gasteiger partial charge in [0.05, 0.1) is 37.0 Å². The second-order valence-corrected chi connectivity index (χ2v) is 16.7. The van der Waals surface area contributed by atoms with Crippen LogP contribution in [-0.4, -0.2) is 84.5 Å². The normalized spacial score (nSPS) is 31.2. The molecule has 0 radical (unpaired) electrons. The molecule has 4 unspecified atom stereocenters. The lowest BCUT2D eigenvalue weighted by Gasteiger charge is -2.61. The van der Waals surface area contributed by atoms with E-state index in [9.17, 15) is 19.7 Å². The molecule has 1 aromatic carbocycles. The van der Waals surface area contributed by atoms with Crippen LogP contribution in [-0.2, 0) is 23.8 Å². The maximum absolute atomic E-state index is 13.5. The van der Waals surface area contributed by atoms with Crippen LogP contribution in [0.1, 0.15) is 90.9 Å². The van der Waals surface area contributed by atoms with Gasteiger partial charge in [-0.15, -0.1) is 0 Å². The Morgan fingerprint density at radius 3 is 2.51 bits per heavy atom. The first-order chi connectivity index (χ1) is 25.6. The van der Waals surface area contributed by atoms with Gasteiger partial charge in [-0.05, 0) is 127 Å². The molecule has 2 aromatic rings. The van der Waals surface area contributed by atoms with Crippen LogP contribution in [0.15, 0.2) is 16.8 Å². The Morgan fingerprint density at radius 2 is 1.74 bits per heavy atom. The molecule has 0 bridgehead atoms. The number of thiol groups is 1. The first kappa shape index (κ1) is 39.7. The van der Waals surface area contributed by atoms with E-state index < -0.39 is 11.0 Å². The highest BCUT2D eigenvalue weighted by Gasteiger charge is 2.60. The molecule has 294 valence electrons. The van der Waals surface area contributed by atoms with Crippen LogP contribution in [0.25, 0.3) is 11.0 Å². The number of benzene rings is 1. The Morgan fingerprint density at radius 1 is 1.00 bits per heavy atom. The molecule has 0 aliphatic heterocycles. The maximum Gasteiger partial charge on any atom is 0.305 e. The number of nitro benzene ring substituents is 1. The van der Waals surface area contributed by atoms with E-state index in [0.29, 0.717) is 68.2 Å². The smallest absolute Gasteiger partial charge is 0.305 e. The van der Waals surface area contributed by atoms with Crippen molar-refractivity contribution in [3.8, 4) is 0 Å². The van der Waals surface area contributed by atoms with Gasteiger partial charge in [0.2, 0.25) is 11.4 Å². The van der Waals surface area contributed by atoms with Gasteiger partial charge in [-0.25, -0.2) is 4.63 Å². The van der Waals surface area contributed by atoms with Crippen molar-refractivity contribution < 1.29 is 33.4 Å². The third-order valence-electron chi connectivity index (χ3n) is 13.7. The molecule has 4 N–H and O–H groups in total.